The van der Waals surface area contributed by atoms with Crippen molar-refractivity contribution in [2.75, 3.05) is 11.5 Å². The predicted octanol–water partition coefficient (Wildman–Crippen LogP) is 6.41. The summed E-state index contributed by atoms with van der Waals surface area (Å²) in [7, 11) is 0. The first-order chi connectivity index (χ1) is 15.5. The quantitative estimate of drug-likeness (QED) is 0.308. The molecule has 3 aromatic rings. The number of benzene rings is 3. The third-order valence-corrected chi connectivity index (χ3v) is 5.78. The van der Waals surface area contributed by atoms with Crippen molar-refractivity contribution in [1.29, 1.82) is 0 Å². The molecular formula is C27H22BrNO3. The summed E-state index contributed by atoms with van der Waals surface area (Å²) in [6.07, 6.45) is 3.74. The van der Waals surface area contributed by atoms with Crippen LogP contribution in [0.5, 0.6) is 0 Å². The van der Waals surface area contributed by atoms with Crippen LogP contribution in [0.2, 0.25) is 0 Å². The zero-order chi connectivity index (χ0) is 22.7. The van der Waals surface area contributed by atoms with Gasteiger partial charge in [-0.1, -0.05) is 48.5 Å². The van der Waals surface area contributed by atoms with Crippen molar-refractivity contribution < 1.29 is 14.3 Å². The lowest BCUT2D eigenvalue weighted by molar-refractivity contribution is -0.113. The predicted molar refractivity (Wildman–Crippen MR) is 131 cm³/mol. The van der Waals surface area contributed by atoms with E-state index in [1.54, 1.807) is 24.0 Å². The van der Waals surface area contributed by atoms with Crippen LogP contribution >= 0.6 is 15.9 Å². The summed E-state index contributed by atoms with van der Waals surface area (Å²) in [5, 5.41) is 0. The summed E-state index contributed by atoms with van der Waals surface area (Å²) >= 11 is 3.62. The summed E-state index contributed by atoms with van der Waals surface area (Å²) in [6.45, 7) is 4.12. The van der Waals surface area contributed by atoms with Crippen molar-refractivity contribution in [3.05, 3.63) is 111 Å². The van der Waals surface area contributed by atoms with Crippen molar-refractivity contribution in [2.24, 2.45) is 0 Å². The molecule has 0 bridgehead atoms. The molecule has 3 aromatic carbocycles. The maximum Gasteiger partial charge on any atom is 0.338 e. The van der Waals surface area contributed by atoms with E-state index in [0.717, 1.165) is 32.5 Å². The Balaban J connectivity index is 1.74. The van der Waals surface area contributed by atoms with Crippen LogP contribution in [0, 0.1) is 6.92 Å². The van der Waals surface area contributed by atoms with Crippen LogP contribution in [-0.4, -0.2) is 18.5 Å². The van der Waals surface area contributed by atoms with Crippen molar-refractivity contribution in [1.82, 2.24) is 0 Å². The molecule has 0 aliphatic carbocycles. The van der Waals surface area contributed by atoms with Crippen LogP contribution in [0.1, 0.15) is 34.0 Å². The van der Waals surface area contributed by atoms with E-state index in [1.807, 2.05) is 79.7 Å². The highest BCUT2D eigenvalue weighted by atomic mass is 79.9. The van der Waals surface area contributed by atoms with E-state index in [0.29, 0.717) is 17.7 Å². The Bertz CT molecular complexity index is 1230. The SMILES string of the molecule is CCOC(=O)c1ccc(C=C2C=C(c3ccccc3)N(c3ccc(C)cc3Br)C2=O)cc1. The van der Waals surface area contributed by atoms with Gasteiger partial charge in [0.2, 0.25) is 0 Å². The first kappa shape index (κ1) is 21.8. The molecule has 0 radical (unpaired) electrons. The van der Waals surface area contributed by atoms with E-state index in [1.165, 1.54) is 0 Å². The highest BCUT2D eigenvalue weighted by Gasteiger charge is 2.31. The molecule has 0 spiro atoms. The second-order valence-corrected chi connectivity index (χ2v) is 8.29. The first-order valence-corrected chi connectivity index (χ1v) is 11.1. The molecule has 1 amide bonds. The molecule has 4 rings (SSSR count). The zero-order valence-corrected chi connectivity index (χ0v) is 19.4. The van der Waals surface area contributed by atoms with E-state index in [4.69, 9.17) is 4.74 Å². The topological polar surface area (TPSA) is 46.6 Å². The number of nitrogens with zero attached hydrogens (tertiary/aromatic N) is 1. The Morgan fingerprint density at radius 3 is 2.41 bits per heavy atom. The monoisotopic (exact) mass is 487 g/mol. The number of carbonyl (C=O) groups is 2. The molecule has 1 aliphatic heterocycles. The van der Waals surface area contributed by atoms with Crippen LogP contribution in [0.15, 0.2) is 88.9 Å². The van der Waals surface area contributed by atoms with Gasteiger partial charge in [-0.25, -0.2) is 4.79 Å². The van der Waals surface area contributed by atoms with Gasteiger partial charge in [0.05, 0.1) is 23.6 Å². The van der Waals surface area contributed by atoms with Gasteiger partial charge in [-0.05, 0) is 82.9 Å². The van der Waals surface area contributed by atoms with Gasteiger partial charge in [0.15, 0.2) is 0 Å². The Morgan fingerprint density at radius 2 is 1.75 bits per heavy atom. The molecule has 0 atom stereocenters. The average molecular weight is 488 g/mol. The molecule has 1 heterocycles. The smallest absolute Gasteiger partial charge is 0.338 e. The van der Waals surface area contributed by atoms with Crippen molar-refractivity contribution >= 4 is 45.3 Å². The zero-order valence-electron chi connectivity index (χ0n) is 17.8. The van der Waals surface area contributed by atoms with Gasteiger partial charge in [-0.3, -0.25) is 9.69 Å². The number of hydrogen-bond donors (Lipinski definition) is 0. The Labute approximate surface area is 196 Å². The summed E-state index contributed by atoms with van der Waals surface area (Å²) < 4.78 is 5.89. The maximum atomic E-state index is 13.5. The lowest BCUT2D eigenvalue weighted by Crippen LogP contribution is -2.25. The van der Waals surface area contributed by atoms with Gasteiger partial charge in [-0.15, -0.1) is 0 Å². The lowest BCUT2D eigenvalue weighted by Gasteiger charge is -2.22. The summed E-state index contributed by atoms with van der Waals surface area (Å²) in [5.74, 6) is -0.465. The highest BCUT2D eigenvalue weighted by Crippen LogP contribution is 2.39. The fraction of sp³-hybridized carbons (Fsp3) is 0.111. The molecule has 0 unspecified atom stereocenters. The minimum absolute atomic E-state index is 0.108. The molecule has 0 fully saturated rings. The van der Waals surface area contributed by atoms with Gasteiger partial charge in [0.25, 0.3) is 5.91 Å². The number of amides is 1. The van der Waals surface area contributed by atoms with Crippen molar-refractivity contribution in [3.63, 3.8) is 0 Å². The number of anilines is 1. The van der Waals surface area contributed by atoms with E-state index in [9.17, 15) is 9.59 Å². The van der Waals surface area contributed by atoms with Crippen molar-refractivity contribution in [3.8, 4) is 0 Å². The molecule has 32 heavy (non-hydrogen) atoms. The fourth-order valence-corrected chi connectivity index (χ4v) is 4.25. The number of ether oxygens (including phenoxy) is 1. The van der Waals surface area contributed by atoms with E-state index < -0.39 is 0 Å². The standard InChI is InChI=1S/C27H22BrNO3/c1-3-32-27(31)21-12-10-19(11-13-21)16-22-17-25(20-7-5-4-6-8-20)29(26(22)30)24-14-9-18(2)15-23(24)28/h4-17H,3H2,1-2H3. The van der Waals surface area contributed by atoms with Crippen LogP contribution < -0.4 is 4.90 Å². The number of carbonyl (C=O) groups excluding carboxylic acids is 2. The van der Waals surface area contributed by atoms with Crippen LogP contribution in [0.4, 0.5) is 5.69 Å². The minimum atomic E-state index is -0.356. The number of aryl methyl sites for hydroxylation is 1. The summed E-state index contributed by atoms with van der Waals surface area (Å²) in [4.78, 5) is 27.1. The second kappa shape index (κ2) is 9.37. The normalized spacial score (nSPS) is 14.6. The Hall–Kier alpha value is -3.44. The largest absolute Gasteiger partial charge is 0.462 e. The van der Waals surface area contributed by atoms with E-state index >= 15 is 0 Å². The molecule has 1 aliphatic rings. The summed E-state index contributed by atoms with van der Waals surface area (Å²) in [6, 6.07) is 22.8. The molecule has 0 N–H and O–H groups in total. The van der Waals surface area contributed by atoms with Crippen molar-refractivity contribution in [2.45, 2.75) is 13.8 Å². The number of hydrogen-bond acceptors (Lipinski definition) is 3. The number of esters is 1. The minimum Gasteiger partial charge on any atom is -0.462 e. The van der Waals surface area contributed by atoms with Gasteiger partial charge in [0.1, 0.15) is 0 Å². The fourth-order valence-electron chi connectivity index (χ4n) is 3.58. The van der Waals surface area contributed by atoms with Gasteiger partial charge < -0.3 is 4.74 Å². The Morgan fingerprint density at radius 1 is 1.03 bits per heavy atom. The lowest BCUT2D eigenvalue weighted by atomic mass is 10.1. The number of rotatable bonds is 5. The average Bonchev–Trinajstić information content (AvgIpc) is 3.11. The number of halogens is 1. The summed E-state index contributed by atoms with van der Waals surface area (Å²) in [5.41, 5.74) is 5.54. The van der Waals surface area contributed by atoms with Crippen LogP contribution in [0.25, 0.3) is 11.8 Å². The maximum absolute atomic E-state index is 13.5. The van der Waals surface area contributed by atoms with Gasteiger partial charge in [-0.2, -0.15) is 0 Å². The van der Waals surface area contributed by atoms with Gasteiger partial charge in [0, 0.05) is 10.0 Å². The molecule has 160 valence electrons. The van der Waals surface area contributed by atoms with E-state index in [2.05, 4.69) is 15.9 Å². The molecular weight excluding hydrogens is 466 g/mol. The molecule has 4 nitrogen and oxygen atoms in total. The Kier molecular flexibility index (Phi) is 6.37. The third-order valence-electron chi connectivity index (χ3n) is 5.14. The third kappa shape index (κ3) is 4.43. The van der Waals surface area contributed by atoms with Crippen LogP contribution in [0.3, 0.4) is 0 Å². The van der Waals surface area contributed by atoms with Gasteiger partial charge >= 0.3 is 5.97 Å². The highest BCUT2D eigenvalue weighted by molar-refractivity contribution is 9.10. The molecule has 0 saturated carbocycles. The van der Waals surface area contributed by atoms with Crippen LogP contribution in [-0.2, 0) is 9.53 Å². The van der Waals surface area contributed by atoms with E-state index in [-0.39, 0.29) is 11.9 Å². The molecule has 0 aromatic heterocycles. The first-order valence-electron chi connectivity index (χ1n) is 10.3. The second-order valence-electron chi connectivity index (χ2n) is 7.43. The molecule has 5 heteroatoms. The molecule has 0 saturated heterocycles.